The normalized spacial score (nSPS) is 15.9. The van der Waals surface area contributed by atoms with Crippen LogP contribution in [0.4, 0.5) is 0 Å². The third-order valence-corrected chi connectivity index (χ3v) is 6.25. The quantitative estimate of drug-likeness (QED) is 0.442. The maximum atomic E-state index is 13.3. The first-order chi connectivity index (χ1) is 15.8. The monoisotopic (exact) mass is 422 g/mol. The van der Waals surface area contributed by atoms with Gasteiger partial charge in [-0.2, -0.15) is 0 Å². The lowest BCUT2D eigenvalue weighted by Gasteiger charge is -2.22. The summed E-state index contributed by atoms with van der Waals surface area (Å²) in [6.45, 7) is 1.42. The third-order valence-electron chi connectivity index (χ3n) is 6.25. The molecule has 1 aromatic heterocycles. The van der Waals surface area contributed by atoms with Crippen molar-refractivity contribution in [3.05, 3.63) is 108 Å². The smallest absolute Gasteiger partial charge is 0.223 e. The maximum absolute atomic E-state index is 13.3. The van der Waals surface area contributed by atoms with Crippen LogP contribution in [-0.4, -0.2) is 38.9 Å². The van der Waals surface area contributed by atoms with Crippen LogP contribution in [-0.2, 0) is 4.79 Å². The fourth-order valence-electron chi connectivity index (χ4n) is 4.48. The lowest BCUT2D eigenvalue weighted by molar-refractivity contribution is -0.130. The lowest BCUT2D eigenvalue weighted by Crippen LogP contribution is -2.30. The van der Waals surface area contributed by atoms with Gasteiger partial charge in [0.15, 0.2) is 0 Å². The van der Waals surface area contributed by atoms with Gasteiger partial charge in [0.25, 0.3) is 0 Å². The van der Waals surface area contributed by atoms with Crippen molar-refractivity contribution in [2.45, 2.75) is 24.8 Å². The first-order valence-electron chi connectivity index (χ1n) is 11.1. The molecule has 5 rings (SSSR count). The van der Waals surface area contributed by atoms with Gasteiger partial charge >= 0.3 is 0 Å². The summed E-state index contributed by atoms with van der Waals surface area (Å²) in [6, 6.07) is 30.8. The summed E-state index contributed by atoms with van der Waals surface area (Å²) in [5, 5.41) is 8.69. The van der Waals surface area contributed by atoms with Gasteiger partial charge in [-0.1, -0.05) is 96.2 Å². The maximum Gasteiger partial charge on any atom is 0.223 e. The van der Waals surface area contributed by atoms with E-state index in [-0.39, 0.29) is 17.9 Å². The highest BCUT2D eigenvalue weighted by Crippen LogP contribution is 2.30. The van der Waals surface area contributed by atoms with Gasteiger partial charge in [-0.05, 0) is 17.5 Å². The van der Waals surface area contributed by atoms with E-state index in [4.69, 9.17) is 0 Å². The van der Waals surface area contributed by atoms with Crippen LogP contribution in [0.2, 0.25) is 0 Å². The molecule has 1 saturated heterocycles. The van der Waals surface area contributed by atoms with E-state index in [9.17, 15) is 4.79 Å². The summed E-state index contributed by atoms with van der Waals surface area (Å²) in [5.74, 6) is 0.244. The summed E-state index contributed by atoms with van der Waals surface area (Å²) in [5.41, 5.74) is 4.26. The molecule has 1 aliphatic rings. The molecule has 4 aromatic rings. The average molecular weight is 423 g/mol. The van der Waals surface area contributed by atoms with E-state index in [0.29, 0.717) is 13.0 Å². The molecular weight excluding hydrogens is 396 g/mol. The Morgan fingerprint density at radius 3 is 2.09 bits per heavy atom. The molecule has 0 aliphatic carbocycles. The molecule has 0 bridgehead atoms. The predicted molar refractivity (Wildman–Crippen MR) is 125 cm³/mol. The summed E-state index contributed by atoms with van der Waals surface area (Å²) in [4.78, 5) is 15.3. The molecule has 5 nitrogen and oxygen atoms in total. The molecule has 1 fully saturated rings. The second-order valence-corrected chi connectivity index (χ2v) is 8.31. The van der Waals surface area contributed by atoms with E-state index in [1.165, 1.54) is 11.1 Å². The van der Waals surface area contributed by atoms with E-state index in [1.807, 2.05) is 82.5 Å². The molecule has 2 heterocycles. The first kappa shape index (κ1) is 20.2. The van der Waals surface area contributed by atoms with Crippen LogP contribution in [0.1, 0.15) is 35.9 Å². The van der Waals surface area contributed by atoms with Crippen LogP contribution >= 0.6 is 0 Å². The average Bonchev–Trinajstić information content (AvgIpc) is 3.54. The summed E-state index contributed by atoms with van der Waals surface area (Å²) >= 11 is 0. The van der Waals surface area contributed by atoms with E-state index in [0.717, 1.165) is 24.2 Å². The van der Waals surface area contributed by atoms with Crippen molar-refractivity contribution in [3.8, 4) is 11.3 Å². The topological polar surface area (TPSA) is 51.0 Å². The molecule has 3 aromatic carbocycles. The second kappa shape index (κ2) is 9.18. The van der Waals surface area contributed by atoms with Crippen LogP contribution < -0.4 is 0 Å². The van der Waals surface area contributed by atoms with Gasteiger partial charge in [0, 0.05) is 31.0 Å². The Balaban J connectivity index is 1.29. The molecule has 0 radical (unpaired) electrons. The van der Waals surface area contributed by atoms with E-state index >= 15 is 0 Å². The van der Waals surface area contributed by atoms with Crippen LogP contribution in [0.5, 0.6) is 0 Å². The molecular formula is C27H26N4O. The van der Waals surface area contributed by atoms with E-state index < -0.39 is 0 Å². The molecule has 5 heteroatoms. The van der Waals surface area contributed by atoms with Crippen LogP contribution in [0.15, 0.2) is 97.2 Å². The Bertz CT molecular complexity index is 1120. The second-order valence-electron chi connectivity index (χ2n) is 8.31. The number of carbonyl (C=O) groups excluding carboxylic acids is 1. The Morgan fingerprint density at radius 2 is 1.47 bits per heavy atom. The molecule has 32 heavy (non-hydrogen) atoms. The van der Waals surface area contributed by atoms with Gasteiger partial charge in [-0.3, -0.25) is 4.79 Å². The van der Waals surface area contributed by atoms with Crippen molar-refractivity contribution >= 4 is 5.91 Å². The van der Waals surface area contributed by atoms with Crippen LogP contribution in [0, 0.1) is 0 Å². The zero-order valence-electron chi connectivity index (χ0n) is 17.9. The fourth-order valence-corrected chi connectivity index (χ4v) is 4.48. The largest absolute Gasteiger partial charge is 0.340 e. The summed E-state index contributed by atoms with van der Waals surface area (Å²) < 4.78 is 1.92. The number of nitrogens with zero attached hydrogens (tertiary/aromatic N) is 4. The van der Waals surface area contributed by atoms with Crippen LogP contribution in [0.3, 0.4) is 0 Å². The Hall–Kier alpha value is -3.73. The van der Waals surface area contributed by atoms with Crippen molar-refractivity contribution in [2.75, 3.05) is 13.1 Å². The molecule has 0 N–H and O–H groups in total. The first-order valence-corrected chi connectivity index (χ1v) is 11.1. The molecule has 0 unspecified atom stereocenters. The molecule has 1 amide bonds. The minimum absolute atomic E-state index is 0.0556. The molecule has 0 spiro atoms. The van der Waals surface area contributed by atoms with Gasteiger partial charge in [0.05, 0.1) is 12.2 Å². The third kappa shape index (κ3) is 4.33. The highest BCUT2D eigenvalue weighted by Gasteiger charge is 2.30. The van der Waals surface area contributed by atoms with Gasteiger partial charge in [-0.25, -0.2) is 4.68 Å². The molecule has 0 saturated carbocycles. The van der Waals surface area contributed by atoms with Gasteiger partial charge in [0.2, 0.25) is 5.91 Å². The van der Waals surface area contributed by atoms with E-state index in [2.05, 4.69) is 34.6 Å². The number of carbonyl (C=O) groups is 1. The Labute approximate surface area is 188 Å². The van der Waals surface area contributed by atoms with Crippen LogP contribution in [0.25, 0.3) is 11.3 Å². The van der Waals surface area contributed by atoms with Gasteiger partial charge < -0.3 is 4.90 Å². The zero-order chi connectivity index (χ0) is 21.8. The van der Waals surface area contributed by atoms with Crippen molar-refractivity contribution in [3.63, 3.8) is 0 Å². The minimum Gasteiger partial charge on any atom is -0.340 e. The predicted octanol–water partition coefficient (Wildman–Crippen LogP) is 4.94. The SMILES string of the molecule is O=C(CC(c1ccccc1)c1ccccc1)N1CC[C@H](n2cc(-c3ccccc3)nn2)C1. The van der Waals surface area contributed by atoms with E-state index in [1.54, 1.807) is 0 Å². The van der Waals surface area contributed by atoms with Crippen molar-refractivity contribution < 1.29 is 4.79 Å². The summed E-state index contributed by atoms with van der Waals surface area (Å²) in [6.07, 6.45) is 3.35. The number of amides is 1. The lowest BCUT2D eigenvalue weighted by atomic mass is 9.88. The number of rotatable bonds is 6. The van der Waals surface area contributed by atoms with Gasteiger partial charge in [0.1, 0.15) is 5.69 Å². The fraction of sp³-hybridized carbons (Fsp3) is 0.222. The molecule has 160 valence electrons. The highest BCUT2D eigenvalue weighted by atomic mass is 16.2. The zero-order valence-corrected chi connectivity index (χ0v) is 17.9. The highest BCUT2D eigenvalue weighted by molar-refractivity contribution is 5.78. The molecule has 1 atom stereocenters. The van der Waals surface area contributed by atoms with Crippen molar-refractivity contribution in [1.29, 1.82) is 0 Å². The number of benzene rings is 3. The number of likely N-dealkylation sites (tertiary alicyclic amines) is 1. The van der Waals surface area contributed by atoms with Crippen molar-refractivity contribution in [1.82, 2.24) is 19.9 Å². The Morgan fingerprint density at radius 1 is 0.875 bits per heavy atom. The number of aromatic nitrogens is 3. The standard InChI is InChI=1S/C27H26N4O/c32-27(18-25(21-10-4-1-5-11-21)22-12-6-2-7-13-22)30-17-16-24(19-30)31-20-26(28-29-31)23-14-8-3-9-15-23/h1-15,20,24-25H,16-19H2/t24-/m0/s1. The van der Waals surface area contributed by atoms with Crippen molar-refractivity contribution in [2.24, 2.45) is 0 Å². The Kier molecular flexibility index (Phi) is 5.79. The number of hydrogen-bond acceptors (Lipinski definition) is 3. The summed E-state index contributed by atoms with van der Waals surface area (Å²) in [7, 11) is 0. The minimum atomic E-state index is 0.0556. The molecule has 1 aliphatic heterocycles. The van der Waals surface area contributed by atoms with Gasteiger partial charge in [-0.15, -0.1) is 5.10 Å². The number of hydrogen-bond donors (Lipinski definition) is 0.